The first-order valence-corrected chi connectivity index (χ1v) is 9.35. The van der Waals surface area contributed by atoms with Crippen molar-refractivity contribution in [3.63, 3.8) is 0 Å². The van der Waals surface area contributed by atoms with Crippen LogP contribution in [0.15, 0.2) is 76.2 Å². The van der Waals surface area contributed by atoms with Crippen molar-refractivity contribution < 1.29 is 9.78 Å². The zero-order chi connectivity index (χ0) is 14.8. The fourth-order valence-corrected chi connectivity index (χ4v) is 4.66. The molecule has 0 saturated carbocycles. The van der Waals surface area contributed by atoms with Crippen LogP contribution in [0.3, 0.4) is 0 Å². The maximum atomic E-state index is 5.61. The van der Waals surface area contributed by atoms with Gasteiger partial charge in [-0.2, -0.15) is 0 Å². The lowest BCUT2D eigenvalue weighted by Crippen LogP contribution is -2.02. The van der Waals surface area contributed by atoms with Gasteiger partial charge in [0.2, 0.25) is 0 Å². The topological polar surface area (TPSA) is 18.5 Å². The molecule has 0 aliphatic carbocycles. The van der Waals surface area contributed by atoms with Crippen molar-refractivity contribution in [2.45, 2.75) is 17.7 Å². The molecular weight excluding hydrogens is 312 g/mol. The summed E-state index contributed by atoms with van der Waals surface area (Å²) in [7, 11) is 3.52. The molecule has 2 heterocycles. The Kier molecular flexibility index (Phi) is 3.87. The third-order valence-electron chi connectivity index (χ3n) is 3.70. The first-order valence-electron chi connectivity index (χ1n) is 7.13. The average Bonchev–Trinajstić information content (AvgIpc) is 2.90. The number of rotatable bonds is 1. The van der Waals surface area contributed by atoms with E-state index in [0.717, 1.165) is 35.5 Å². The van der Waals surface area contributed by atoms with E-state index in [0.29, 0.717) is 0 Å². The van der Waals surface area contributed by atoms with Crippen LogP contribution in [0, 0.1) is 0 Å². The molecule has 2 aliphatic heterocycles. The molecule has 0 N–H and O–H groups in total. The van der Waals surface area contributed by atoms with E-state index in [1.54, 1.807) is 21.6 Å². The van der Waals surface area contributed by atoms with Gasteiger partial charge in [0.25, 0.3) is 0 Å². The summed E-state index contributed by atoms with van der Waals surface area (Å²) in [6, 6.07) is 16.5. The summed E-state index contributed by atoms with van der Waals surface area (Å²) in [4.78, 5) is 12.4. The number of fused-ring (bicyclic) bond motifs is 2. The maximum absolute atomic E-state index is 5.61. The summed E-state index contributed by atoms with van der Waals surface area (Å²) in [5.74, 6) is 1.62. The van der Waals surface area contributed by atoms with Crippen molar-refractivity contribution >= 4 is 21.6 Å². The number of allylic oxidation sites excluding steroid dienone is 2. The fraction of sp³-hybridized carbons (Fsp3) is 0.111. The Morgan fingerprint density at radius 3 is 2.64 bits per heavy atom. The zero-order valence-electron chi connectivity index (χ0n) is 11.8. The van der Waals surface area contributed by atoms with Crippen LogP contribution in [0.5, 0.6) is 5.75 Å². The van der Waals surface area contributed by atoms with Gasteiger partial charge in [-0.3, -0.25) is 9.78 Å². The van der Waals surface area contributed by atoms with Crippen LogP contribution in [0.25, 0.3) is 0 Å². The molecule has 0 bridgehead atoms. The Hall–Kier alpha value is -1.78. The Morgan fingerprint density at radius 1 is 0.864 bits per heavy atom. The van der Waals surface area contributed by atoms with Crippen molar-refractivity contribution in [2.75, 3.05) is 0 Å². The molecule has 0 radical (unpaired) electrons. The van der Waals surface area contributed by atoms with Gasteiger partial charge < -0.3 is 0 Å². The Bertz CT molecular complexity index is 765. The SMILES string of the molecule is C1=C(C2=CCc3ccccc3OO2)Cc2ccccc2SS1. The molecule has 2 nitrogen and oxygen atoms in total. The predicted octanol–water partition coefficient (Wildman–Crippen LogP) is 5.32. The summed E-state index contributed by atoms with van der Waals surface area (Å²) in [5, 5.41) is 2.16. The molecule has 0 aromatic heterocycles. The Labute approximate surface area is 137 Å². The van der Waals surface area contributed by atoms with Crippen LogP contribution in [-0.4, -0.2) is 0 Å². The molecule has 0 amide bonds. The van der Waals surface area contributed by atoms with Crippen LogP contribution >= 0.6 is 21.6 Å². The van der Waals surface area contributed by atoms with E-state index in [1.807, 2.05) is 18.2 Å². The summed E-state index contributed by atoms with van der Waals surface area (Å²) in [5.41, 5.74) is 3.64. The van der Waals surface area contributed by atoms with Gasteiger partial charge in [0.05, 0.1) is 0 Å². The smallest absolute Gasteiger partial charge is 0.182 e. The molecular formula is C18H14O2S2. The van der Waals surface area contributed by atoms with Gasteiger partial charge in [0.15, 0.2) is 11.5 Å². The van der Waals surface area contributed by atoms with Gasteiger partial charge in [0.1, 0.15) is 0 Å². The van der Waals surface area contributed by atoms with Crippen LogP contribution in [0.2, 0.25) is 0 Å². The van der Waals surface area contributed by atoms with Gasteiger partial charge in [-0.05, 0) is 35.6 Å². The monoisotopic (exact) mass is 326 g/mol. The second kappa shape index (κ2) is 6.15. The van der Waals surface area contributed by atoms with E-state index >= 15 is 0 Å². The first-order chi connectivity index (χ1) is 10.9. The van der Waals surface area contributed by atoms with Crippen LogP contribution < -0.4 is 4.89 Å². The largest absolute Gasteiger partial charge is 0.290 e. The lowest BCUT2D eigenvalue weighted by Gasteiger charge is -2.11. The highest BCUT2D eigenvalue weighted by atomic mass is 33.1. The van der Waals surface area contributed by atoms with Gasteiger partial charge in [-0.15, -0.1) is 0 Å². The molecule has 2 aromatic rings. The summed E-state index contributed by atoms with van der Waals surface area (Å²) in [6.07, 6.45) is 3.79. The Morgan fingerprint density at radius 2 is 1.68 bits per heavy atom. The van der Waals surface area contributed by atoms with Crippen molar-refractivity contribution in [1.29, 1.82) is 0 Å². The predicted molar refractivity (Wildman–Crippen MR) is 91.6 cm³/mol. The molecule has 2 aromatic carbocycles. The van der Waals surface area contributed by atoms with E-state index in [9.17, 15) is 0 Å². The number of hydrogen-bond donors (Lipinski definition) is 0. The van der Waals surface area contributed by atoms with E-state index in [2.05, 4.69) is 41.8 Å². The van der Waals surface area contributed by atoms with E-state index in [1.165, 1.54) is 10.5 Å². The summed E-state index contributed by atoms with van der Waals surface area (Å²) in [6.45, 7) is 0. The summed E-state index contributed by atoms with van der Waals surface area (Å²) < 4.78 is 0. The second-order valence-electron chi connectivity index (χ2n) is 5.15. The second-order valence-corrected chi connectivity index (χ2v) is 7.27. The molecule has 2 aliphatic rings. The van der Waals surface area contributed by atoms with Crippen molar-refractivity contribution in [2.24, 2.45) is 0 Å². The minimum atomic E-state index is 0.797. The van der Waals surface area contributed by atoms with E-state index < -0.39 is 0 Å². The third-order valence-corrected chi connectivity index (χ3v) is 5.87. The minimum absolute atomic E-state index is 0.797. The molecule has 110 valence electrons. The van der Waals surface area contributed by atoms with E-state index in [4.69, 9.17) is 9.78 Å². The number of benzene rings is 2. The lowest BCUT2D eigenvalue weighted by molar-refractivity contribution is -0.162. The standard InChI is InChI=1S/C18H14O2S2/c1-3-7-16-13(5-1)9-10-17(20-19-16)15-11-14-6-2-4-8-18(14)22-21-12-15/h1-8,10,12H,9,11H2. The van der Waals surface area contributed by atoms with Crippen molar-refractivity contribution in [3.05, 3.63) is 82.5 Å². The zero-order valence-corrected chi connectivity index (χ0v) is 13.5. The molecule has 0 fully saturated rings. The number of hydrogen-bond acceptors (Lipinski definition) is 4. The minimum Gasteiger partial charge on any atom is -0.290 e. The highest BCUT2D eigenvalue weighted by Gasteiger charge is 2.18. The quantitative estimate of drug-likeness (QED) is 0.521. The normalized spacial score (nSPS) is 16.7. The Balaban J connectivity index is 1.61. The molecule has 0 unspecified atom stereocenters. The van der Waals surface area contributed by atoms with E-state index in [-0.39, 0.29) is 0 Å². The first kappa shape index (κ1) is 13.9. The van der Waals surface area contributed by atoms with Gasteiger partial charge >= 0.3 is 0 Å². The van der Waals surface area contributed by atoms with Crippen molar-refractivity contribution in [1.82, 2.24) is 0 Å². The summed E-state index contributed by atoms with van der Waals surface area (Å²) >= 11 is 0. The third kappa shape index (κ3) is 2.76. The van der Waals surface area contributed by atoms with Crippen LogP contribution in [0.4, 0.5) is 0 Å². The molecule has 0 saturated heterocycles. The van der Waals surface area contributed by atoms with Gasteiger partial charge in [-0.1, -0.05) is 58.0 Å². The molecule has 0 atom stereocenters. The molecule has 4 heteroatoms. The highest BCUT2D eigenvalue weighted by molar-refractivity contribution is 8.77. The van der Waals surface area contributed by atoms with Gasteiger partial charge in [-0.25, -0.2) is 0 Å². The fourth-order valence-electron chi connectivity index (χ4n) is 2.52. The number of para-hydroxylation sites is 1. The maximum Gasteiger partial charge on any atom is 0.182 e. The van der Waals surface area contributed by atoms with Gasteiger partial charge in [0, 0.05) is 22.5 Å². The molecule has 0 spiro atoms. The van der Waals surface area contributed by atoms with Crippen LogP contribution in [-0.2, 0) is 17.7 Å². The lowest BCUT2D eigenvalue weighted by atomic mass is 10.0. The van der Waals surface area contributed by atoms with Crippen molar-refractivity contribution in [3.8, 4) is 5.75 Å². The molecule has 4 rings (SSSR count). The average molecular weight is 326 g/mol. The van der Waals surface area contributed by atoms with Crippen LogP contribution in [0.1, 0.15) is 11.1 Å². The highest BCUT2D eigenvalue weighted by Crippen LogP contribution is 2.41. The molecule has 22 heavy (non-hydrogen) atoms.